The summed E-state index contributed by atoms with van der Waals surface area (Å²) >= 11 is 0. The molecule has 2 N–H and O–H groups in total. The van der Waals surface area contributed by atoms with E-state index in [2.05, 4.69) is 29.6 Å². The fourth-order valence-electron chi connectivity index (χ4n) is 6.63. The van der Waals surface area contributed by atoms with Gasteiger partial charge in [0.05, 0.1) is 23.3 Å². The summed E-state index contributed by atoms with van der Waals surface area (Å²) in [5, 5.41) is 6.05. The van der Waals surface area contributed by atoms with E-state index in [4.69, 9.17) is 0 Å². The summed E-state index contributed by atoms with van der Waals surface area (Å²) in [7, 11) is 5.91. The minimum atomic E-state index is -0.790. The van der Waals surface area contributed by atoms with Gasteiger partial charge in [0.1, 0.15) is 6.04 Å². The topological polar surface area (TPSA) is 88.4 Å². The Bertz CT molecular complexity index is 1130. The van der Waals surface area contributed by atoms with Gasteiger partial charge in [-0.25, -0.2) is 4.79 Å². The quantitative estimate of drug-likeness (QED) is 0.723. The molecule has 0 radical (unpaired) electrons. The highest BCUT2D eigenvalue weighted by atomic mass is 16.2. The molecule has 1 atom stereocenters. The molecule has 2 aromatic rings. The molecule has 2 heterocycles. The van der Waals surface area contributed by atoms with Crippen LogP contribution >= 0.6 is 0 Å². The molecule has 1 spiro atoms. The summed E-state index contributed by atoms with van der Waals surface area (Å²) in [5.74, 6) is 0.340. The number of fused-ring (bicyclic) bond motifs is 1. The molecule has 3 aliphatic rings. The van der Waals surface area contributed by atoms with Crippen molar-refractivity contribution >= 4 is 28.4 Å². The zero-order chi connectivity index (χ0) is 23.3. The Balaban J connectivity index is 1.37. The number of aryl methyl sites for hydroxylation is 1. The molecule has 8 heteroatoms. The molecular weight excluding hydrogens is 418 g/mol. The van der Waals surface area contributed by atoms with Gasteiger partial charge in [-0.2, -0.15) is 0 Å². The van der Waals surface area contributed by atoms with Crippen molar-refractivity contribution in [3.63, 3.8) is 0 Å². The van der Waals surface area contributed by atoms with Gasteiger partial charge in [-0.3, -0.25) is 18.7 Å². The largest absolute Gasteiger partial charge is 0.373 e. The van der Waals surface area contributed by atoms with Gasteiger partial charge in [0.2, 0.25) is 5.91 Å². The molecule has 5 rings (SSSR count). The van der Waals surface area contributed by atoms with Gasteiger partial charge in [-0.05, 0) is 69.0 Å². The number of para-hydroxylation sites is 1. The van der Waals surface area contributed by atoms with Crippen molar-refractivity contribution in [2.75, 3.05) is 32.1 Å². The Kier molecular flexibility index (Phi) is 5.59. The maximum atomic E-state index is 13.2. The van der Waals surface area contributed by atoms with Gasteiger partial charge >= 0.3 is 5.69 Å². The number of ketones is 1. The second-order valence-corrected chi connectivity index (χ2v) is 10.6. The van der Waals surface area contributed by atoms with Crippen LogP contribution in [0.1, 0.15) is 51.0 Å². The summed E-state index contributed by atoms with van der Waals surface area (Å²) < 4.78 is 3.12. The number of amides is 1. The van der Waals surface area contributed by atoms with Gasteiger partial charge in [0.15, 0.2) is 5.78 Å². The summed E-state index contributed by atoms with van der Waals surface area (Å²) in [5.41, 5.74) is 2.80. The van der Waals surface area contributed by atoms with Crippen LogP contribution in [0.4, 0.5) is 5.69 Å². The first-order chi connectivity index (χ1) is 15.8. The lowest BCUT2D eigenvalue weighted by molar-refractivity contribution is -0.133. The van der Waals surface area contributed by atoms with Gasteiger partial charge < -0.3 is 15.5 Å². The van der Waals surface area contributed by atoms with E-state index in [9.17, 15) is 14.4 Å². The van der Waals surface area contributed by atoms with E-state index < -0.39 is 6.04 Å². The third kappa shape index (κ3) is 3.78. The first kappa shape index (κ1) is 22.2. The number of carbonyl (C=O) groups is 2. The molecule has 1 unspecified atom stereocenters. The number of aromatic nitrogens is 2. The van der Waals surface area contributed by atoms with Crippen molar-refractivity contribution in [1.82, 2.24) is 19.8 Å². The first-order valence-electron chi connectivity index (χ1n) is 12.2. The fraction of sp³-hybridized carbons (Fsp3) is 0.640. The lowest BCUT2D eigenvalue weighted by atomic mass is 9.55. The molecule has 3 fully saturated rings. The second-order valence-electron chi connectivity index (χ2n) is 10.6. The van der Waals surface area contributed by atoms with E-state index in [0.717, 1.165) is 17.7 Å². The third-order valence-corrected chi connectivity index (χ3v) is 8.42. The third-order valence-electron chi connectivity index (χ3n) is 8.42. The van der Waals surface area contributed by atoms with Gasteiger partial charge in [0.25, 0.3) is 0 Å². The molecule has 1 saturated heterocycles. The molecule has 33 heavy (non-hydrogen) atoms. The average molecular weight is 454 g/mol. The predicted molar refractivity (Wildman–Crippen MR) is 129 cm³/mol. The lowest BCUT2D eigenvalue weighted by Crippen LogP contribution is -2.46. The highest BCUT2D eigenvalue weighted by molar-refractivity contribution is 5.97. The second kappa shape index (κ2) is 8.31. The Hall–Kier alpha value is -2.61. The Morgan fingerprint density at radius 1 is 1.18 bits per heavy atom. The first-order valence-corrected chi connectivity index (χ1v) is 12.2. The van der Waals surface area contributed by atoms with Crippen molar-refractivity contribution in [1.29, 1.82) is 0 Å². The number of anilines is 1. The van der Waals surface area contributed by atoms with Crippen molar-refractivity contribution in [3.8, 4) is 0 Å². The minimum Gasteiger partial charge on any atom is -0.373 e. The van der Waals surface area contributed by atoms with Gasteiger partial charge in [-0.1, -0.05) is 6.07 Å². The molecule has 8 nitrogen and oxygen atoms in total. The van der Waals surface area contributed by atoms with Crippen LogP contribution in [0.2, 0.25) is 0 Å². The van der Waals surface area contributed by atoms with Gasteiger partial charge in [0, 0.05) is 33.1 Å². The maximum absolute atomic E-state index is 13.2. The smallest absolute Gasteiger partial charge is 0.329 e. The monoisotopic (exact) mass is 453 g/mol. The molecule has 178 valence electrons. The van der Waals surface area contributed by atoms with Crippen LogP contribution in [0.15, 0.2) is 23.0 Å². The maximum Gasteiger partial charge on any atom is 0.329 e. The number of rotatable bonds is 5. The van der Waals surface area contributed by atoms with E-state index in [1.807, 2.05) is 18.2 Å². The van der Waals surface area contributed by atoms with Crippen LogP contribution in [-0.4, -0.2) is 54.1 Å². The number of nitrogens with one attached hydrogen (secondary N) is 2. The molecular formula is C25H35N5O3. The molecule has 2 saturated carbocycles. The Morgan fingerprint density at radius 3 is 2.61 bits per heavy atom. The SMILES string of the molecule is CNC1CCC2(CC1)CC(CN(C)c1cccc3c1n(C)c(=O)n3C1CC(=O)CNC1=O)C2. The Morgan fingerprint density at radius 2 is 1.91 bits per heavy atom. The van der Waals surface area contributed by atoms with Crippen LogP contribution in [-0.2, 0) is 16.6 Å². The van der Waals surface area contributed by atoms with Crippen LogP contribution < -0.4 is 21.2 Å². The van der Waals surface area contributed by atoms with E-state index in [0.29, 0.717) is 22.9 Å². The van der Waals surface area contributed by atoms with E-state index in [-0.39, 0.29) is 30.3 Å². The van der Waals surface area contributed by atoms with E-state index >= 15 is 0 Å². The number of nitrogens with zero attached hydrogens (tertiary/aromatic N) is 3. The average Bonchev–Trinajstić information content (AvgIpc) is 3.05. The zero-order valence-corrected chi connectivity index (χ0v) is 19.9. The molecule has 1 aromatic carbocycles. The summed E-state index contributed by atoms with van der Waals surface area (Å²) in [6, 6.07) is 5.75. The van der Waals surface area contributed by atoms with Crippen molar-refractivity contribution < 1.29 is 9.59 Å². The fourth-order valence-corrected chi connectivity index (χ4v) is 6.63. The molecule has 1 aromatic heterocycles. The number of hydrogen-bond acceptors (Lipinski definition) is 5. The number of carbonyl (C=O) groups excluding carboxylic acids is 2. The van der Waals surface area contributed by atoms with Crippen molar-refractivity contribution in [2.24, 2.45) is 18.4 Å². The number of imidazole rings is 1. The highest BCUT2D eigenvalue weighted by Crippen LogP contribution is 2.55. The number of hydrogen-bond donors (Lipinski definition) is 2. The molecule has 0 bridgehead atoms. The Labute approximate surface area is 194 Å². The van der Waals surface area contributed by atoms with Crippen LogP contribution in [0, 0.1) is 11.3 Å². The summed E-state index contributed by atoms with van der Waals surface area (Å²) in [6.07, 6.45) is 7.85. The molecule has 2 aliphatic carbocycles. The lowest BCUT2D eigenvalue weighted by Gasteiger charge is -2.52. The molecule has 1 amide bonds. The van der Waals surface area contributed by atoms with Crippen molar-refractivity contribution in [2.45, 2.75) is 57.0 Å². The van der Waals surface area contributed by atoms with Gasteiger partial charge in [-0.15, -0.1) is 0 Å². The van der Waals surface area contributed by atoms with Crippen molar-refractivity contribution in [3.05, 3.63) is 28.7 Å². The summed E-state index contributed by atoms with van der Waals surface area (Å²) in [6.45, 7) is 0.999. The molecule has 1 aliphatic heterocycles. The van der Waals surface area contributed by atoms with Crippen LogP contribution in [0.3, 0.4) is 0 Å². The normalized spacial score (nSPS) is 29.8. The highest BCUT2D eigenvalue weighted by Gasteiger charge is 2.46. The number of piperidine rings is 1. The predicted octanol–water partition coefficient (Wildman–Crippen LogP) is 1.96. The number of benzene rings is 1. The van der Waals surface area contributed by atoms with Crippen LogP contribution in [0.25, 0.3) is 11.0 Å². The standard InChI is InChI=1S/C25H35N5O3/c1-26-17-7-9-25(10-8-17)12-16(13-25)15-28(2)19-5-4-6-20-22(19)29(3)24(33)30(20)21-11-18(31)14-27-23(21)32/h4-6,16-17,21,26H,7-15H2,1-3H3,(H,27,32). The summed E-state index contributed by atoms with van der Waals surface area (Å²) in [4.78, 5) is 39.9. The van der Waals surface area contributed by atoms with E-state index in [1.165, 1.54) is 43.1 Å². The minimum absolute atomic E-state index is 0.0430. The van der Waals surface area contributed by atoms with Crippen LogP contribution in [0.5, 0.6) is 0 Å². The zero-order valence-electron chi connectivity index (χ0n) is 19.9. The van der Waals surface area contributed by atoms with E-state index in [1.54, 1.807) is 11.6 Å². The number of Topliss-reactive ketones (excluding diaryl/α,β-unsaturated/α-hetero) is 1.